The molecule has 1 aliphatic heterocycles. The molecule has 0 saturated carbocycles. The van der Waals surface area contributed by atoms with Crippen molar-refractivity contribution >= 4 is 11.8 Å². The van der Waals surface area contributed by atoms with Gasteiger partial charge in [-0.3, -0.25) is 0 Å². The Morgan fingerprint density at radius 1 is 1.61 bits per heavy atom. The van der Waals surface area contributed by atoms with Crippen molar-refractivity contribution in [1.29, 1.82) is 0 Å². The zero-order chi connectivity index (χ0) is 13.1. The Morgan fingerprint density at radius 2 is 2.39 bits per heavy atom. The molecule has 1 aromatic heterocycles. The highest BCUT2D eigenvalue weighted by molar-refractivity contribution is 5.93. The van der Waals surface area contributed by atoms with Gasteiger partial charge in [-0.05, 0) is 33.0 Å². The van der Waals surface area contributed by atoms with E-state index < -0.39 is 5.97 Å². The molecule has 0 aliphatic carbocycles. The third-order valence-corrected chi connectivity index (χ3v) is 3.16. The summed E-state index contributed by atoms with van der Waals surface area (Å²) in [5.41, 5.74) is 0.232. The summed E-state index contributed by atoms with van der Waals surface area (Å²) in [5.74, 6) is -0.454. The standard InChI is InChI=1S/C12H18N4O2/c1-15(2)8-9-4-3-7-16(9)11-10(12(17)18)5-6-13-14-11/h5-6,9H,3-4,7-8H2,1-2H3,(H,17,18). The number of hydrogen-bond acceptors (Lipinski definition) is 5. The Bertz CT molecular complexity index is 436. The van der Waals surface area contributed by atoms with Crippen molar-refractivity contribution in [2.24, 2.45) is 0 Å². The molecular formula is C12H18N4O2. The molecule has 0 aromatic carbocycles. The van der Waals surface area contributed by atoms with Crippen LogP contribution in [0.25, 0.3) is 0 Å². The van der Waals surface area contributed by atoms with Gasteiger partial charge < -0.3 is 14.9 Å². The molecule has 0 bridgehead atoms. The van der Waals surface area contributed by atoms with E-state index in [4.69, 9.17) is 0 Å². The molecule has 6 heteroatoms. The monoisotopic (exact) mass is 250 g/mol. The van der Waals surface area contributed by atoms with E-state index >= 15 is 0 Å². The number of hydrogen-bond donors (Lipinski definition) is 1. The molecule has 1 fully saturated rings. The molecule has 98 valence electrons. The smallest absolute Gasteiger partial charge is 0.339 e. The van der Waals surface area contributed by atoms with Crippen LogP contribution in [0.3, 0.4) is 0 Å². The highest BCUT2D eigenvalue weighted by atomic mass is 16.4. The third kappa shape index (κ3) is 2.59. The van der Waals surface area contributed by atoms with Crippen molar-refractivity contribution in [3.05, 3.63) is 17.8 Å². The lowest BCUT2D eigenvalue weighted by atomic mass is 10.2. The number of nitrogens with zero attached hydrogens (tertiary/aromatic N) is 4. The van der Waals surface area contributed by atoms with Gasteiger partial charge in [-0.1, -0.05) is 0 Å². The quantitative estimate of drug-likeness (QED) is 0.848. The molecule has 6 nitrogen and oxygen atoms in total. The van der Waals surface area contributed by atoms with Gasteiger partial charge in [0.15, 0.2) is 5.82 Å². The molecule has 1 aromatic rings. The van der Waals surface area contributed by atoms with E-state index in [0.717, 1.165) is 25.9 Å². The second-order valence-corrected chi connectivity index (χ2v) is 4.83. The van der Waals surface area contributed by atoms with E-state index in [1.165, 1.54) is 12.3 Å². The number of rotatable bonds is 4. The number of carboxylic acid groups (broad SMARTS) is 1. The van der Waals surface area contributed by atoms with E-state index in [-0.39, 0.29) is 5.56 Å². The van der Waals surface area contributed by atoms with Crippen molar-refractivity contribution in [3.63, 3.8) is 0 Å². The maximum absolute atomic E-state index is 11.2. The molecule has 0 radical (unpaired) electrons. The first-order valence-corrected chi connectivity index (χ1v) is 6.06. The van der Waals surface area contributed by atoms with Gasteiger partial charge in [0, 0.05) is 19.1 Å². The predicted molar refractivity (Wildman–Crippen MR) is 67.9 cm³/mol. The molecule has 1 N–H and O–H groups in total. The van der Waals surface area contributed by atoms with Gasteiger partial charge in [0.25, 0.3) is 0 Å². The number of carbonyl (C=O) groups is 1. The lowest BCUT2D eigenvalue weighted by molar-refractivity contribution is 0.0697. The maximum Gasteiger partial charge on any atom is 0.339 e. The molecule has 1 saturated heterocycles. The van der Waals surface area contributed by atoms with Crippen LogP contribution in [0.15, 0.2) is 12.3 Å². The normalized spacial score (nSPS) is 19.5. The van der Waals surface area contributed by atoms with Gasteiger partial charge in [-0.2, -0.15) is 5.10 Å². The van der Waals surface area contributed by atoms with E-state index in [1.54, 1.807) is 0 Å². The lowest BCUT2D eigenvalue weighted by Crippen LogP contribution is -2.38. The molecule has 1 atom stereocenters. The maximum atomic E-state index is 11.2. The number of aromatic carboxylic acids is 1. The minimum Gasteiger partial charge on any atom is -0.478 e. The SMILES string of the molecule is CN(C)CC1CCCN1c1nnccc1C(=O)O. The summed E-state index contributed by atoms with van der Waals surface area (Å²) < 4.78 is 0. The van der Waals surface area contributed by atoms with Crippen LogP contribution in [0.1, 0.15) is 23.2 Å². The fraction of sp³-hybridized carbons (Fsp3) is 0.583. The second kappa shape index (κ2) is 5.30. The Hall–Kier alpha value is -1.69. The Kier molecular flexibility index (Phi) is 3.76. The number of likely N-dealkylation sites (N-methyl/N-ethyl adjacent to an activating group) is 1. The Labute approximate surface area is 106 Å². The predicted octanol–water partition coefficient (Wildman–Crippen LogP) is 0.705. The molecule has 18 heavy (non-hydrogen) atoms. The largest absolute Gasteiger partial charge is 0.478 e. The van der Waals surface area contributed by atoms with Crippen LogP contribution < -0.4 is 4.90 Å². The van der Waals surface area contributed by atoms with Crippen LogP contribution in [-0.2, 0) is 0 Å². The van der Waals surface area contributed by atoms with Crippen molar-refractivity contribution in [2.45, 2.75) is 18.9 Å². The van der Waals surface area contributed by atoms with Crippen molar-refractivity contribution < 1.29 is 9.90 Å². The van der Waals surface area contributed by atoms with Gasteiger partial charge in [0.05, 0.1) is 6.20 Å². The summed E-state index contributed by atoms with van der Waals surface area (Å²) in [6.45, 7) is 1.74. The fourth-order valence-corrected chi connectivity index (χ4v) is 2.43. The molecule has 0 spiro atoms. The zero-order valence-electron chi connectivity index (χ0n) is 10.7. The van der Waals surface area contributed by atoms with Gasteiger partial charge >= 0.3 is 5.97 Å². The second-order valence-electron chi connectivity index (χ2n) is 4.83. The van der Waals surface area contributed by atoms with Crippen LogP contribution >= 0.6 is 0 Å². The third-order valence-electron chi connectivity index (χ3n) is 3.16. The summed E-state index contributed by atoms with van der Waals surface area (Å²) >= 11 is 0. The summed E-state index contributed by atoms with van der Waals surface area (Å²) in [4.78, 5) is 15.4. The molecule has 2 heterocycles. The average molecular weight is 250 g/mol. The van der Waals surface area contributed by atoms with Crippen LogP contribution in [0.2, 0.25) is 0 Å². The van der Waals surface area contributed by atoms with Gasteiger partial charge in [0.1, 0.15) is 5.56 Å². The minimum absolute atomic E-state index is 0.232. The van der Waals surface area contributed by atoms with Crippen molar-refractivity contribution in [2.75, 3.05) is 32.1 Å². The first-order valence-electron chi connectivity index (χ1n) is 6.06. The lowest BCUT2D eigenvalue weighted by Gasteiger charge is -2.28. The average Bonchev–Trinajstić information content (AvgIpc) is 2.76. The number of anilines is 1. The summed E-state index contributed by atoms with van der Waals surface area (Å²) in [5, 5.41) is 17.0. The molecule has 2 rings (SSSR count). The van der Waals surface area contributed by atoms with Crippen LogP contribution in [-0.4, -0.2) is 59.4 Å². The Balaban J connectivity index is 2.27. The first-order chi connectivity index (χ1) is 8.59. The van der Waals surface area contributed by atoms with E-state index in [9.17, 15) is 9.90 Å². The number of aromatic nitrogens is 2. The van der Waals surface area contributed by atoms with Crippen molar-refractivity contribution in [1.82, 2.24) is 15.1 Å². The first kappa shape index (κ1) is 12.8. The summed E-state index contributed by atoms with van der Waals surface area (Å²) in [6.07, 6.45) is 3.55. The molecular weight excluding hydrogens is 232 g/mol. The molecule has 1 aliphatic rings. The number of carboxylic acids is 1. The summed E-state index contributed by atoms with van der Waals surface area (Å²) in [6, 6.07) is 1.82. The minimum atomic E-state index is -0.949. The highest BCUT2D eigenvalue weighted by Gasteiger charge is 2.29. The van der Waals surface area contributed by atoms with Gasteiger partial charge in [-0.25, -0.2) is 4.79 Å². The molecule has 0 amide bonds. The summed E-state index contributed by atoms with van der Waals surface area (Å²) in [7, 11) is 4.04. The van der Waals surface area contributed by atoms with E-state index in [1.807, 2.05) is 14.1 Å². The van der Waals surface area contributed by atoms with E-state index in [0.29, 0.717) is 11.9 Å². The van der Waals surface area contributed by atoms with Crippen LogP contribution in [0, 0.1) is 0 Å². The van der Waals surface area contributed by atoms with E-state index in [2.05, 4.69) is 20.0 Å². The van der Waals surface area contributed by atoms with Crippen molar-refractivity contribution in [3.8, 4) is 0 Å². The molecule has 1 unspecified atom stereocenters. The zero-order valence-corrected chi connectivity index (χ0v) is 10.7. The fourth-order valence-electron chi connectivity index (χ4n) is 2.43. The van der Waals surface area contributed by atoms with Gasteiger partial charge in [-0.15, -0.1) is 5.10 Å². The Morgan fingerprint density at radius 3 is 3.06 bits per heavy atom. The topological polar surface area (TPSA) is 69.6 Å². The van der Waals surface area contributed by atoms with Gasteiger partial charge in [0.2, 0.25) is 0 Å². The highest BCUT2D eigenvalue weighted by Crippen LogP contribution is 2.26. The van der Waals surface area contributed by atoms with Crippen LogP contribution in [0.5, 0.6) is 0 Å². The van der Waals surface area contributed by atoms with Crippen LogP contribution in [0.4, 0.5) is 5.82 Å².